The molecule has 0 aliphatic carbocycles. The Morgan fingerprint density at radius 1 is 0.769 bits per heavy atom. The van der Waals surface area contributed by atoms with Crippen LogP contribution in [0.4, 0.5) is 0 Å². The van der Waals surface area contributed by atoms with Gasteiger partial charge in [0.15, 0.2) is 0 Å². The van der Waals surface area contributed by atoms with Gasteiger partial charge in [0.25, 0.3) is 0 Å². The molecule has 4 heteroatoms. The van der Waals surface area contributed by atoms with Crippen LogP contribution >= 0.6 is 37.0 Å². The Balaban J connectivity index is 4.15. The zero-order valence-corrected chi connectivity index (χ0v) is 12.7. The van der Waals surface area contributed by atoms with Crippen LogP contribution < -0.4 is 0 Å². The molecule has 0 aromatic heterocycles. The topological polar surface area (TPSA) is 0 Å². The Labute approximate surface area is 94.8 Å². The van der Waals surface area contributed by atoms with Gasteiger partial charge < -0.3 is 0 Å². The minimum absolute atomic E-state index is 0.220. The van der Waals surface area contributed by atoms with Crippen molar-refractivity contribution in [3.8, 4) is 0 Å². The number of halogens is 2. The largest absolute Gasteiger partial charge is 0.0955 e. The van der Waals surface area contributed by atoms with Crippen molar-refractivity contribution in [1.29, 1.82) is 0 Å². The first-order chi connectivity index (χ1) is 5.55. The van der Waals surface area contributed by atoms with Crippen LogP contribution in [-0.2, 0) is 0 Å². The summed E-state index contributed by atoms with van der Waals surface area (Å²) in [4.78, 5) is 0. The average Bonchev–Trinajstić information content (AvgIpc) is 1.82. The van der Waals surface area contributed by atoms with Crippen LogP contribution in [0.15, 0.2) is 0 Å². The molecule has 0 nitrogen and oxygen atoms in total. The lowest BCUT2D eigenvalue weighted by atomic mass is 10.3. The zero-order valence-electron chi connectivity index (χ0n) is 9.36. The molecule has 0 aromatic carbocycles. The molecule has 0 radical (unpaired) electrons. The molecule has 0 saturated heterocycles. The van der Waals surface area contributed by atoms with Gasteiger partial charge in [-0.25, -0.2) is 0 Å². The molecule has 0 spiro atoms. The highest BCUT2D eigenvalue weighted by atomic mass is 35.7. The molecule has 13 heavy (non-hydrogen) atoms. The van der Waals surface area contributed by atoms with Gasteiger partial charge in [0.1, 0.15) is 0 Å². The van der Waals surface area contributed by atoms with Crippen LogP contribution in [0, 0.1) is 0 Å². The van der Waals surface area contributed by atoms with Crippen molar-refractivity contribution in [2.75, 3.05) is 5.90 Å². The lowest BCUT2D eigenvalue weighted by molar-refractivity contribution is 0.785. The predicted molar refractivity (Wildman–Crippen MR) is 69.9 cm³/mol. The van der Waals surface area contributed by atoms with Gasteiger partial charge in [-0.3, -0.25) is 0 Å². The maximum Gasteiger partial charge on any atom is 0.0167 e. The van der Waals surface area contributed by atoms with Crippen LogP contribution in [0.5, 0.6) is 0 Å². The third-order valence-electron chi connectivity index (χ3n) is 1.70. The van der Waals surface area contributed by atoms with Crippen LogP contribution in [0.1, 0.15) is 41.5 Å². The van der Waals surface area contributed by atoms with E-state index in [2.05, 4.69) is 41.5 Å². The van der Waals surface area contributed by atoms with E-state index in [-0.39, 0.29) is 10.3 Å². The molecule has 0 fully saturated rings. The summed E-state index contributed by atoms with van der Waals surface area (Å²) in [5.74, 6) is 1.00. The first-order valence-electron chi connectivity index (χ1n) is 4.42. The maximum absolute atomic E-state index is 6.35. The van der Waals surface area contributed by atoms with Gasteiger partial charge >= 0.3 is 0 Å². The predicted octanol–water partition coefficient (Wildman–Crippen LogP) is 5.81. The molecule has 0 saturated carbocycles. The second-order valence-electron chi connectivity index (χ2n) is 5.21. The SMILES string of the molecule is CC(C)(C)P(Cl)CP(Cl)C(C)(C)C. The first-order valence-corrected chi connectivity index (χ1v) is 9.28. The van der Waals surface area contributed by atoms with Crippen molar-refractivity contribution >= 4 is 37.0 Å². The highest BCUT2D eigenvalue weighted by Crippen LogP contribution is 2.67. The van der Waals surface area contributed by atoms with Crippen LogP contribution in [0.25, 0.3) is 0 Å². The van der Waals surface area contributed by atoms with Crippen molar-refractivity contribution in [2.45, 2.75) is 51.9 Å². The fraction of sp³-hybridized carbons (Fsp3) is 1.00. The standard InChI is InChI=1S/C9H20Cl2P2/c1-8(2,3)12(10)7-13(11)9(4,5)6/h7H2,1-6H3. The molecule has 0 rings (SSSR count). The second kappa shape index (κ2) is 4.98. The smallest absolute Gasteiger partial charge is 0.0167 e. The molecule has 0 aliphatic rings. The van der Waals surface area contributed by atoms with Gasteiger partial charge in [-0.05, 0) is 10.3 Å². The molecule has 0 aliphatic heterocycles. The minimum atomic E-state index is -0.456. The van der Waals surface area contributed by atoms with E-state index in [9.17, 15) is 0 Å². The third kappa shape index (κ3) is 5.78. The Kier molecular flexibility index (Phi) is 5.53. The van der Waals surface area contributed by atoms with Gasteiger partial charge in [-0.1, -0.05) is 64.0 Å². The molecule has 0 bridgehead atoms. The van der Waals surface area contributed by atoms with E-state index in [0.717, 1.165) is 5.90 Å². The zero-order chi connectivity index (χ0) is 10.9. The number of hydrogen-bond donors (Lipinski definition) is 0. The molecular weight excluding hydrogens is 241 g/mol. The van der Waals surface area contributed by atoms with Crippen molar-refractivity contribution in [2.24, 2.45) is 0 Å². The van der Waals surface area contributed by atoms with Crippen molar-refractivity contribution in [3.63, 3.8) is 0 Å². The summed E-state index contributed by atoms with van der Waals surface area (Å²) in [6, 6.07) is 0. The molecule has 0 heterocycles. The minimum Gasteiger partial charge on any atom is -0.0955 e. The summed E-state index contributed by atoms with van der Waals surface area (Å²) in [5, 5.41) is 0.440. The quantitative estimate of drug-likeness (QED) is 0.550. The van der Waals surface area contributed by atoms with E-state index in [1.54, 1.807) is 0 Å². The van der Waals surface area contributed by atoms with Gasteiger partial charge in [0, 0.05) is 20.5 Å². The first kappa shape index (κ1) is 14.4. The van der Waals surface area contributed by atoms with Crippen LogP contribution in [0.3, 0.4) is 0 Å². The fourth-order valence-electron chi connectivity index (χ4n) is 0.533. The van der Waals surface area contributed by atoms with Gasteiger partial charge in [0.2, 0.25) is 0 Å². The number of rotatable bonds is 2. The molecular formula is C9H20Cl2P2. The summed E-state index contributed by atoms with van der Waals surface area (Å²) in [6.07, 6.45) is 0. The fourth-order valence-corrected chi connectivity index (χ4v) is 7.22. The lowest BCUT2D eigenvalue weighted by Gasteiger charge is -2.32. The van der Waals surface area contributed by atoms with E-state index in [0.29, 0.717) is 0 Å². The average molecular weight is 261 g/mol. The van der Waals surface area contributed by atoms with Gasteiger partial charge in [-0.15, -0.1) is 0 Å². The van der Waals surface area contributed by atoms with E-state index in [4.69, 9.17) is 22.5 Å². The van der Waals surface area contributed by atoms with Crippen LogP contribution in [0.2, 0.25) is 0 Å². The van der Waals surface area contributed by atoms with Crippen LogP contribution in [-0.4, -0.2) is 16.2 Å². The number of hydrogen-bond acceptors (Lipinski definition) is 0. The van der Waals surface area contributed by atoms with E-state index in [1.165, 1.54) is 0 Å². The highest BCUT2D eigenvalue weighted by molar-refractivity contribution is 7.99. The Hall–Kier alpha value is 1.44. The maximum atomic E-state index is 6.35. The molecule has 2 unspecified atom stereocenters. The Morgan fingerprint density at radius 3 is 1.15 bits per heavy atom. The van der Waals surface area contributed by atoms with Gasteiger partial charge in [0.05, 0.1) is 0 Å². The van der Waals surface area contributed by atoms with E-state index >= 15 is 0 Å². The van der Waals surface area contributed by atoms with Crippen molar-refractivity contribution < 1.29 is 0 Å². The van der Waals surface area contributed by atoms with E-state index < -0.39 is 14.5 Å². The Bertz CT molecular complexity index is 140. The summed E-state index contributed by atoms with van der Waals surface area (Å²) in [7, 11) is -0.912. The summed E-state index contributed by atoms with van der Waals surface area (Å²) in [5.41, 5.74) is 0. The summed E-state index contributed by atoms with van der Waals surface area (Å²) >= 11 is 12.7. The second-order valence-corrected chi connectivity index (χ2v) is 12.9. The molecule has 0 amide bonds. The molecule has 2 atom stereocenters. The normalized spacial score (nSPS) is 18.5. The Morgan fingerprint density at radius 2 is 1.00 bits per heavy atom. The molecule has 80 valence electrons. The lowest BCUT2D eigenvalue weighted by Crippen LogP contribution is -2.14. The highest BCUT2D eigenvalue weighted by Gasteiger charge is 2.30. The molecule has 0 N–H and O–H groups in total. The van der Waals surface area contributed by atoms with Crippen molar-refractivity contribution in [1.82, 2.24) is 0 Å². The monoisotopic (exact) mass is 260 g/mol. The van der Waals surface area contributed by atoms with E-state index in [1.807, 2.05) is 0 Å². The third-order valence-corrected chi connectivity index (χ3v) is 11.6. The molecule has 0 aromatic rings. The van der Waals surface area contributed by atoms with Gasteiger partial charge in [-0.2, -0.15) is 0 Å². The van der Waals surface area contributed by atoms with Crippen molar-refractivity contribution in [3.05, 3.63) is 0 Å². The summed E-state index contributed by atoms with van der Waals surface area (Å²) in [6.45, 7) is 13.1. The summed E-state index contributed by atoms with van der Waals surface area (Å²) < 4.78 is 0.